The third-order valence-corrected chi connectivity index (χ3v) is 3.07. The zero-order valence-electron chi connectivity index (χ0n) is 10.7. The van der Waals surface area contributed by atoms with Gasteiger partial charge in [0, 0.05) is 24.8 Å². The SMILES string of the molecule is COc1cncc(C(=O)CN2CCCNCC2)c1. The van der Waals surface area contributed by atoms with Gasteiger partial charge in [-0.3, -0.25) is 14.7 Å². The molecule has 0 amide bonds. The highest BCUT2D eigenvalue weighted by Crippen LogP contribution is 2.11. The fraction of sp³-hybridized carbons (Fsp3) is 0.538. The minimum absolute atomic E-state index is 0.100. The van der Waals surface area contributed by atoms with Gasteiger partial charge < -0.3 is 10.1 Å². The molecule has 5 heteroatoms. The molecule has 1 saturated heterocycles. The van der Waals surface area contributed by atoms with Crippen LogP contribution in [0.1, 0.15) is 16.8 Å². The normalized spacial score (nSPS) is 17.2. The average molecular weight is 249 g/mol. The smallest absolute Gasteiger partial charge is 0.178 e. The van der Waals surface area contributed by atoms with Crippen LogP contribution in [0.2, 0.25) is 0 Å². The lowest BCUT2D eigenvalue weighted by molar-refractivity contribution is 0.0934. The Morgan fingerprint density at radius 2 is 2.33 bits per heavy atom. The molecule has 0 aromatic carbocycles. The van der Waals surface area contributed by atoms with Gasteiger partial charge in [-0.05, 0) is 25.6 Å². The van der Waals surface area contributed by atoms with Crippen molar-refractivity contribution in [2.45, 2.75) is 6.42 Å². The Kier molecular flexibility index (Phi) is 4.66. The molecule has 98 valence electrons. The van der Waals surface area contributed by atoms with E-state index in [2.05, 4.69) is 15.2 Å². The van der Waals surface area contributed by atoms with Crippen molar-refractivity contribution >= 4 is 5.78 Å². The maximum atomic E-state index is 12.1. The third kappa shape index (κ3) is 3.51. The van der Waals surface area contributed by atoms with Crippen LogP contribution in [0.3, 0.4) is 0 Å². The Morgan fingerprint density at radius 3 is 3.17 bits per heavy atom. The van der Waals surface area contributed by atoms with Gasteiger partial charge in [-0.1, -0.05) is 0 Å². The van der Waals surface area contributed by atoms with Crippen LogP contribution in [0.5, 0.6) is 5.75 Å². The van der Waals surface area contributed by atoms with Gasteiger partial charge in [0.1, 0.15) is 5.75 Å². The number of nitrogens with one attached hydrogen (secondary N) is 1. The number of ether oxygens (including phenoxy) is 1. The quantitative estimate of drug-likeness (QED) is 0.791. The molecule has 0 radical (unpaired) electrons. The summed E-state index contributed by atoms with van der Waals surface area (Å²) in [5, 5.41) is 3.32. The van der Waals surface area contributed by atoms with Gasteiger partial charge in [0.2, 0.25) is 0 Å². The van der Waals surface area contributed by atoms with Gasteiger partial charge in [0.05, 0.1) is 19.9 Å². The molecule has 5 nitrogen and oxygen atoms in total. The van der Waals surface area contributed by atoms with E-state index in [1.54, 1.807) is 25.6 Å². The van der Waals surface area contributed by atoms with E-state index in [4.69, 9.17) is 4.74 Å². The van der Waals surface area contributed by atoms with E-state index < -0.39 is 0 Å². The fourth-order valence-electron chi connectivity index (χ4n) is 2.04. The van der Waals surface area contributed by atoms with Crippen LogP contribution >= 0.6 is 0 Å². The van der Waals surface area contributed by atoms with E-state index in [1.165, 1.54) is 0 Å². The molecule has 2 heterocycles. The number of ketones is 1. The van der Waals surface area contributed by atoms with Gasteiger partial charge in [-0.15, -0.1) is 0 Å². The lowest BCUT2D eigenvalue weighted by Crippen LogP contribution is -2.33. The Bertz CT molecular complexity index is 401. The number of pyridine rings is 1. The molecular formula is C13H19N3O2. The predicted octanol–water partition coefficient (Wildman–Crippen LogP) is 0.568. The number of aromatic nitrogens is 1. The van der Waals surface area contributed by atoms with Gasteiger partial charge in [-0.2, -0.15) is 0 Å². The molecule has 0 atom stereocenters. The van der Waals surface area contributed by atoms with Crippen LogP contribution < -0.4 is 10.1 Å². The van der Waals surface area contributed by atoms with E-state index in [0.29, 0.717) is 17.9 Å². The summed E-state index contributed by atoms with van der Waals surface area (Å²) in [4.78, 5) is 18.3. The summed E-state index contributed by atoms with van der Waals surface area (Å²) < 4.78 is 5.08. The summed E-state index contributed by atoms with van der Waals surface area (Å²) in [7, 11) is 1.58. The molecule has 1 aromatic heterocycles. The molecule has 18 heavy (non-hydrogen) atoms. The number of nitrogens with zero attached hydrogens (tertiary/aromatic N) is 2. The van der Waals surface area contributed by atoms with Crippen molar-refractivity contribution in [3.63, 3.8) is 0 Å². The van der Waals surface area contributed by atoms with Crippen molar-refractivity contribution in [1.29, 1.82) is 0 Å². The van der Waals surface area contributed by atoms with E-state index in [-0.39, 0.29) is 5.78 Å². The fourth-order valence-corrected chi connectivity index (χ4v) is 2.04. The number of Topliss-reactive ketones (excluding diaryl/α,β-unsaturated/α-hetero) is 1. The summed E-state index contributed by atoms with van der Waals surface area (Å²) in [5.41, 5.74) is 0.617. The van der Waals surface area contributed by atoms with Crippen LogP contribution in [-0.2, 0) is 0 Å². The maximum absolute atomic E-state index is 12.1. The summed E-state index contributed by atoms with van der Waals surface area (Å²) in [5.74, 6) is 0.724. The molecule has 2 rings (SSSR count). The number of rotatable bonds is 4. The van der Waals surface area contributed by atoms with Gasteiger partial charge in [0.15, 0.2) is 5.78 Å². The summed E-state index contributed by atoms with van der Waals surface area (Å²) in [6, 6.07) is 1.74. The zero-order chi connectivity index (χ0) is 12.8. The highest BCUT2D eigenvalue weighted by Gasteiger charge is 2.14. The number of carbonyl (C=O) groups excluding carboxylic acids is 1. The van der Waals surface area contributed by atoms with Crippen LogP contribution in [0.15, 0.2) is 18.5 Å². The molecule has 1 aliphatic rings. The first-order valence-electron chi connectivity index (χ1n) is 6.25. The van der Waals surface area contributed by atoms with E-state index >= 15 is 0 Å². The van der Waals surface area contributed by atoms with Gasteiger partial charge in [0.25, 0.3) is 0 Å². The molecule has 1 N–H and O–H groups in total. The van der Waals surface area contributed by atoms with Gasteiger partial charge in [-0.25, -0.2) is 0 Å². The minimum Gasteiger partial charge on any atom is -0.495 e. The Hall–Kier alpha value is -1.46. The molecule has 1 aromatic rings. The zero-order valence-corrected chi connectivity index (χ0v) is 10.7. The summed E-state index contributed by atoms with van der Waals surface area (Å²) >= 11 is 0. The largest absolute Gasteiger partial charge is 0.495 e. The standard InChI is InChI=1S/C13H19N3O2/c1-18-12-7-11(8-15-9-12)13(17)10-16-5-2-3-14-4-6-16/h7-9,14H,2-6,10H2,1H3. The van der Waals surface area contributed by atoms with E-state index in [1.807, 2.05) is 0 Å². The monoisotopic (exact) mass is 249 g/mol. The lowest BCUT2D eigenvalue weighted by Gasteiger charge is -2.18. The summed E-state index contributed by atoms with van der Waals surface area (Å²) in [6.07, 6.45) is 4.29. The summed E-state index contributed by atoms with van der Waals surface area (Å²) in [6.45, 7) is 4.32. The highest BCUT2D eigenvalue weighted by atomic mass is 16.5. The third-order valence-electron chi connectivity index (χ3n) is 3.07. The number of carbonyl (C=O) groups is 1. The molecule has 1 fully saturated rings. The molecule has 0 spiro atoms. The van der Waals surface area contributed by atoms with Crippen LogP contribution in [-0.4, -0.2) is 55.5 Å². The van der Waals surface area contributed by atoms with Crippen molar-refractivity contribution in [3.8, 4) is 5.75 Å². The second kappa shape index (κ2) is 6.47. The van der Waals surface area contributed by atoms with E-state index in [9.17, 15) is 4.79 Å². The maximum Gasteiger partial charge on any atom is 0.178 e. The average Bonchev–Trinajstić information content (AvgIpc) is 2.67. The Balaban J connectivity index is 1.97. The second-order valence-corrected chi connectivity index (χ2v) is 4.42. The Labute approximate surface area is 107 Å². The molecular weight excluding hydrogens is 230 g/mol. The van der Waals surface area contributed by atoms with Crippen molar-refractivity contribution in [2.24, 2.45) is 0 Å². The Morgan fingerprint density at radius 1 is 1.44 bits per heavy atom. The first kappa shape index (κ1) is 13.0. The van der Waals surface area contributed by atoms with Gasteiger partial charge >= 0.3 is 0 Å². The number of hydrogen-bond acceptors (Lipinski definition) is 5. The second-order valence-electron chi connectivity index (χ2n) is 4.42. The van der Waals surface area contributed by atoms with Crippen LogP contribution in [0, 0.1) is 0 Å². The number of hydrogen-bond donors (Lipinski definition) is 1. The molecule has 1 aliphatic heterocycles. The van der Waals surface area contributed by atoms with Crippen LogP contribution in [0.4, 0.5) is 0 Å². The van der Waals surface area contributed by atoms with E-state index in [0.717, 1.165) is 32.6 Å². The van der Waals surface area contributed by atoms with Crippen molar-refractivity contribution in [2.75, 3.05) is 39.8 Å². The first-order chi connectivity index (χ1) is 8.79. The molecule has 0 bridgehead atoms. The van der Waals surface area contributed by atoms with Crippen molar-refractivity contribution in [3.05, 3.63) is 24.0 Å². The first-order valence-corrected chi connectivity index (χ1v) is 6.25. The van der Waals surface area contributed by atoms with Crippen molar-refractivity contribution in [1.82, 2.24) is 15.2 Å². The molecule has 0 aliphatic carbocycles. The lowest BCUT2D eigenvalue weighted by atomic mass is 10.1. The van der Waals surface area contributed by atoms with Crippen molar-refractivity contribution < 1.29 is 9.53 Å². The molecule has 0 unspecified atom stereocenters. The topological polar surface area (TPSA) is 54.5 Å². The highest BCUT2D eigenvalue weighted by molar-refractivity contribution is 5.97. The predicted molar refractivity (Wildman–Crippen MR) is 69.0 cm³/mol. The molecule has 0 saturated carbocycles. The number of methoxy groups -OCH3 is 1. The van der Waals surface area contributed by atoms with Crippen LogP contribution in [0.25, 0.3) is 0 Å². The minimum atomic E-state index is 0.100.